The van der Waals surface area contributed by atoms with Gasteiger partial charge in [0, 0.05) is 24.7 Å². The molecule has 118 valence electrons. The van der Waals surface area contributed by atoms with Crippen LogP contribution in [0.15, 0.2) is 0 Å². The van der Waals surface area contributed by atoms with Crippen molar-refractivity contribution in [2.45, 2.75) is 64.0 Å². The standard InChI is InChI=1S/C17H35N3/c1-15(2)13-20-11-7-16(8-12-20)18-14-17(19(3)4)9-5-6-10-17/h15-16,18H,5-14H2,1-4H3. The molecule has 0 amide bonds. The highest BCUT2D eigenvalue weighted by molar-refractivity contribution is 4.95. The molecule has 2 rings (SSSR count). The Morgan fingerprint density at radius 3 is 2.25 bits per heavy atom. The number of nitrogens with one attached hydrogen (secondary N) is 1. The van der Waals surface area contributed by atoms with E-state index in [-0.39, 0.29) is 0 Å². The summed E-state index contributed by atoms with van der Waals surface area (Å²) in [6.45, 7) is 9.68. The zero-order valence-corrected chi connectivity index (χ0v) is 14.1. The molecular formula is C17H35N3. The van der Waals surface area contributed by atoms with Crippen LogP contribution in [0.25, 0.3) is 0 Å². The minimum absolute atomic E-state index is 0.440. The van der Waals surface area contributed by atoms with Crippen LogP contribution in [0.2, 0.25) is 0 Å². The van der Waals surface area contributed by atoms with E-state index >= 15 is 0 Å². The molecule has 2 aliphatic rings. The van der Waals surface area contributed by atoms with E-state index in [1.165, 1.54) is 64.7 Å². The van der Waals surface area contributed by atoms with Crippen LogP contribution in [0.3, 0.4) is 0 Å². The number of hydrogen-bond donors (Lipinski definition) is 1. The molecule has 1 aliphatic heterocycles. The average molecular weight is 281 g/mol. The summed E-state index contributed by atoms with van der Waals surface area (Å²) in [6.07, 6.45) is 8.23. The van der Waals surface area contributed by atoms with Gasteiger partial charge in [-0.2, -0.15) is 0 Å². The first-order chi connectivity index (χ1) is 9.52. The summed E-state index contributed by atoms with van der Waals surface area (Å²) in [7, 11) is 4.52. The molecule has 0 radical (unpaired) electrons. The lowest BCUT2D eigenvalue weighted by molar-refractivity contribution is 0.132. The van der Waals surface area contributed by atoms with Gasteiger partial charge in [-0.25, -0.2) is 0 Å². The molecule has 0 spiro atoms. The van der Waals surface area contributed by atoms with Crippen LogP contribution in [0.4, 0.5) is 0 Å². The third-order valence-electron chi connectivity index (χ3n) is 5.41. The number of nitrogens with zero attached hydrogens (tertiary/aromatic N) is 2. The largest absolute Gasteiger partial charge is 0.312 e. The maximum Gasteiger partial charge on any atom is 0.0327 e. The minimum Gasteiger partial charge on any atom is -0.312 e. The molecule has 3 nitrogen and oxygen atoms in total. The molecule has 0 aromatic heterocycles. The molecule has 3 heteroatoms. The van der Waals surface area contributed by atoms with Crippen LogP contribution in [0, 0.1) is 5.92 Å². The van der Waals surface area contributed by atoms with Gasteiger partial charge in [-0.1, -0.05) is 26.7 Å². The van der Waals surface area contributed by atoms with Gasteiger partial charge in [0.15, 0.2) is 0 Å². The quantitative estimate of drug-likeness (QED) is 0.807. The summed E-state index contributed by atoms with van der Waals surface area (Å²) in [5, 5.41) is 3.89. The van der Waals surface area contributed by atoms with E-state index in [2.05, 4.69) is 43.1 Å². The number of rotatable bonds is 6. The molecule has 0 aromatic rings. The van der Waals surface area contributed by atoms with Gasteiger partial charge in [-0.15, -0.1) is 0 Å². The predicted molar refractivity (Wildman–Crippen MR) is 87.2 cm³/mol. The highest BCUT2D eigenvalue weighted by Crippen LogP contribution is 2.33. The van der Waals surface area contributed by atoms with Crippen molar-refractivity contribution in [1.29, 1.82) is 0 Å². The van der Waals surface area contributed by atoms with Crippen molar-refractivity contribution in [2.24, 2.45) is 5.92 Å². The second-order valence-corrected chi connectivity index (χ2v) is 7.68. The lowest BCUT2D eigenvalue weighted by Gasteiger charge is -2.40. The van der Waals surface area contributed by atoms with Gasteiger partial charge in [0.2, 0.25) is 0 Å². The van der Waals surface area contributed by atoms with Crippen molar-refractivity contribution in [2.75, 3.05) is 40.3 Å². The van der Waals surface area contributed by atoms with Gasteiger partial charge in [0.25, 0.3) is 0 Å². The Bertz CT molecular complexity index is 274. The Morgan fingerprint density at radius 1 is 1.15 bits per heavy atom. The molecule has 20 heavy (non-hydrogen) atoms. The van der Waals surface area contributed by atoms with Gasteiger partial charge in [0.05, 0.1) is 0 Å². The Kier molecular flexibility index (Phi) is 5.88. The highest BCUT2D eigenvalue weighted by Gasteiger charge is 2.36. The molecular weight excluding hydrogens is 246 g/mol. The Balaban J connectivity index is 1.73. The minimum atomic E-state index is 0.440. The van der Waals surface area contributed by atoms with Crippen molar-refractivity contribution in [3.05, 3.63) is 0 Å². The zero-order chi connectivity index (χ0) is 14.6. The van der Waals surface area contributed by atoms with Crippen LogP contribution in [0.1, 0.15) is 52.4 Å². The molecule has 1 N–H and O–H groups in total. The average Bonchev–Trinajstić information content (AvgIpc) is 2.87. The fourth-order valence-electron chi connectivity index (χ4n) is 3.99. The first-order valence-corrected chi connectivity index (χ1v) is 8.65. The number of likely N-dealkylation sites (tertiary alicyclic amines) is 1. The Morgan fingerprint density at radius 2 is 1.75 bits per heavy atom. The second-order valence-electron chi connectivity index (χ2n) is 7.68. The monoisotopic (exact) mass is 281 g/mol. The molecule has 0 bridgehead atoms. The maximum absolute atomic E-state index is 3.89. The predicted octanol–water partition coefficient (Wildman–Crippen LogP) is 2.57. The van der Waals surface area contributed by atoms with Crippen LogP contribution < -0.4 is 5.32 Å². The molecule has 1 saturated carbocycles. The second kappa shape index (κ2) is 7.24. The van der Waals surface area contributed by atoms with E-state index < -0.39 is 0 Å². The van der Waals surface area contributed by atoms with Crippen molar-refractivity contribution in [1.82, 2.24) is 15.1 Å². The van der Waals surface area contributed by atoms with Crippen molar-refractivity contribution < 1.29 is 0 Å². The third kappa shape index (κ3) is 4.19. The zero-order valence-electron chi connectivity index (χ0n) is 14.1. The molecule has 2 fully saturated rings. The van der Waals surface area contributed by atoms with Crippen molar-refractivity contribution in [3.8, 4) is 0 Å². The summed E-state index contributed by atoms with van der Waals surface area (Å²) in [5.74, 6) is 0.801. The number of piperidine rings is 1. The van der Waals surface area contributed by atoms with E-state index in [1.807, 2.05) is 0 Å². The van der Waals surface area contributed by atoms with Crippen molar-refractivity contribution >= 4 is 0 Å². The SMILES string of the molecule is CC(C)CN1CCC(NCC2(N(C)C)CCCC2)CC1. The maximum atomic E-state index is 3.89. The van der Waals surface area contributed by atoms with Crippen LogP contribution in [-0.2, 0) is 0 Å². The number of likely N-dealkylation sites (N-methyl/N-ethyl adjacent to an activating group) is 1. The van der Waals surface area contributed by atoms with Gasteiger partial charge in [-0.05, 0) is 58.8 Å². The summed E-state index contributed by atoms with van der Waals surface area (Å²) in [6, 6.07) is 0.746. The molecule has 0 atom stereocenters. The fourth-order valence-corrected chi connectivity index (χ4v) is 3.99. The van der Waals surface area contributed by atoms with Gasteiger partial charge in [0.1, 0.15) is 0 Å². The number of hydrogen-bond acceptors (Lipinski definition) is 3. The van der Waals surface area contributed by atoms with Gasteiger partial charge < -0.3 is 15.1 Å². The molecule has 1 saturated heterocycles. The molecule has 0 aromatic carbocycles. The topological polar surface area (TPSA) is 18.5 Å². The van der Waals surface area contributed by atoms with Crippen LogP contribution in [0.5, 0.6) is 0 Å². The van der Waals surface area contributed by atoms with Crippen LogP contribution in [-0.4, -0.2) is 61.7 Å². The Hall–Kier alpha value is -0.120. The fraction of sp³-hybridized carbons (Fsp3) is 1.00. The van der Waals surface area contributed by atoms with E-state index in [9.17, 15) is 0 Å². The first kappa shape index (κ1) is 16.3. The molecule has 1 aliphatic carbocycles. The van der Waals surface area contributed by atoms with E-state index in [0.717, 1.165) is 12.0 Å². The lowest BCUT2D eigenvalue weighted by Crippen LogP contribution is -2.53. The van der Waals surface area contributed by atoms with Crippen molar-refractivity contribution in [3.63, 3.8) is 0 Å². The molecule has 0 unspecified atom stereocenters. The first-order valence-electron chi connectivity index (χ1n) is 8.65. The van der Waals surface area contributed by atoms with E-state index in [4.69, 9.17) is 0 Å². The lowest BCUT2D eigenvalue weighted by atomic mass is 9.94. The summed E-state index contributed by atoms with van der Waals surface area (Å²) in [4.78, 5) is 5.11. The summed E-state index contributed by atoms with van der Waals surface area (Å²) >= 11 is 0. The summed E-state index contributed by atoms with van der Waals surface area (Å²) in [5.41, 5.74) is 0.440. The molecule has 1 heterocycles. The normalized spacial score (nSPS) is 24.9. The summed E-state index contributed by atoms with van der Waals surface area (Å²) < 4.78 is 0. The van der Waals surface area contributed by atoms with E-state index in [1.54, 1.807) is 0 Å². The van der Waals surface area contributed by atoms with Gasteiger partial charge in [-0.3, -0.25) is 0 Å². The van der Waals surface area contributed by atoms with Crippen LogP contribution >= 0.6 is 0 Å². The van der Waals surface area contributed by atoms with Gasteiger partial charge >= 0.3 is 0 Å². The Labute approximate surface area is 126 Å². The highest BCUT2D eigenvalue weighted by atomic mass is 15.2. The van der Waals surface area contributed by atoms with E-state index in [0.29, 0.717) is 5.54 Å². The smallest absolute Gasteiger partial charge is 0.0327 e. The third-order valence-corrected chi connectivity index (χ3v) is 5.41.